The topological polar surface area (TPSA) is 93.6 Å². The first-order chi connectivity index (χ1) is 12.9. The number of aromatic hydroxyl groups is 2. The van der Waals surface area contributed by atoms with E-state index < -0.39 is 0 Å². The summed E-state index contributed by atoms with van der Waals surface area (Å²) in [6, 6.07) is 9.30. The Hall–Kier alpha value is -2.93. The molecule has 0 unspecified atom stereocenters. The predicted octanol–water partition coefficient (Wildman–Crippen LogP) is 2.84. The van der Waals surface area contributed by atoms with Gasteiger partial charge in [0.2, 0.25) is 5.75 Å². The highest BCUT2D eigenvalue weighted by molar-refractivity contribution is 5.83. The van der Waals surface area contributed by atoms with Crippen LogP contribution in [0.1, 0.15) is 13.8 Å². The molecule has 0 saturated carbocycles. The monoisotopic (exact) mass is 368 g/mol. The fraction of sp³-hybridized carbons (Fsp3) is 0.350. The first-order valence-corrected chi connectivity index (χ1v) is 8.96. The third kappa shape index (κ3) is 3.26. The van der Waals surface area contributed by atoms with Crippen LogP contribution in [0, 0.1) is 0 Å². The fourth-order valence-corrected chi connectivity index (χ4v) is 3.58. The third-order valence-corrected chi connectivity index (χ3v) is 4.95. The largest absolute Gasteiger partial charge is 0.504 e. The lowest BCUT2D eigenvalue weighted by Gasteiger charge is -2.40. The summed E-state index contributed by atoms with van der Waals surface area (Å²) in [6.45, 7) is 7.25. The van der Waals surface area contributed by atoms with E-state index in [1.165, 1.54) is 13.2 Å². The molecular weight excluding hydrogens is 344 g/mol. The van der Waals surface area contributed by atoms with Crippen molar-refractivity contribution in [1.82, 2.24) is 15.3 Å². The van der Waals surface area contributed by atoms with Crippen molar-refractivity contribution in [2.45, 2.75) is 19.4 Å². The van der Waals surface area contributed by atoms with Gasteiger partial charge in [0.1, 0.15) is 5.82 Å². The van der Waals surface area contributed by atoms with Gasteiger partial charge in [-0.2, -0.15) is 0 Å². The van der Waals surface area contributed by atoms with Gasteiger partial charge in [0.05, 0.1) is 18.1 Å². The maximum atomic E-state index is 9.93. The molecule has 1 aliphatic rings. The summed E-state index contributed by atoms with van der Waals surface area (Å²) in [5.74, 6) is 0.292. The summed E-state index contributed by atoms with van der Waals surface area (Å²) in [6.07, 6.45) is 0. The Morgan fingerprint density at radius 3 is 2.74 bits per heavy atom. The second-order valence-corrected chi connectivity index (χ2v) is 7.57. The molecule has 0 spiro atoms. The zero-order chi connectivity index (χ0) is 19.2. The molecule has 7 nitrogen and oxygen atoms in total. The van der Waals surface area contributed by atoms with Crippen molar-refractivity contribution in [2.24, 2.45) is 0 Å². The number of ether oxygens (including phenoxy) is 1. The van der Waals surface area contributed by atoms with Crippen molar-refractivity contribution in [1.29, 1.82) is 0 Å². The summed E-state index contributed by atoms with van der Waals surface area (Å²) in [5, 5.41) is 23.3. The van der Waals surface area contributed by atoms with E-state index in [2.05, 4.69) is 46.2 Å². The molecule has 1 aromatic heterocycles. The molecule has 4 N–H and O–H groups in total. The van der Waals surface area contributed by atoms with E-state index in [4.69, 9.17) is 4.74 Å². The van der Waals surface area contributed by atoms with E-state index in [-0.39, 0.29) is 22.8 Å². The van der Waals surface area contributed by atoms with E-state index in [9.17, 15) is 10.2 Å². The fourth-order valence-electron chi connectivity index (χ4n) is 3.58. The highest BCUT2D eigenvalue weighted by atomic mass is 16.5. The van der Waals surface area contributed by atoms with Gasteiger partial charge in [-0.15, -0.1) is 0 Å². The summed E-state index contributed by atoms with van der Waals surface area (Å²) in [7, 11) is 1.44. The van der Waals surface area contributed by atoms with Crippen molar-refractivity contribution in [2.75, 3.05) is 31.6 Å². The molecule has 0 amide bonds. The van der Waals surface area contributed by atoms with Crippen LogP contribution in [0.2, 0.25) is 0 Å². The molecule has 0 aliphatic carbocycles. The van der Waals surface area contributed by atoms with Crippen molar-refractivity contribution in [3.63, 3.8) is 0 Å². The molecular formula is C20H24N4O3. The zero-order valence-corrected chi connectivity index (χ0v) is 15.7. The third-order valence-electron chi connectivity index (χ3n) is 4.95. The molecule has 2 heterocycles. The van der Waals surface area contributed by atoms with Gasteiger partial charge in [-0.1, -0.05) is 0 Å². The smallest absolute Gasteiger partial charge is 0.200 e. The second kappa shape index (κ2) is 6.35. The molecule has 7 heteroatoms. The average Bonchev–Trinajstić information content (AvgIpc) is 3.06. The number of benzene rings is 2. The number of nitrogens with zero attached hydrogens (tertiary/aromatic N) is 2. The standard InChI is InChI=1S/C20H24N4O3/c1-20(2)11-24(7-6-21-20)13-4-5-14-15(10-13)23-19(22-14)12-8-16(25)18(26)17(9-12)27-3/h4-5,8-10,21,25-26H,6-7,11H2,1-3H3,(H,22,23). The van der Waals surface area contributed by atoms with Gasteiger partial charge >= 0.3 is 0 Å². The maximum Gasteiger partial charge on any atom is 0.200 e. The molecule has 0 bridgehead atoms. The van der Waals surface area contributed by atoms with Crippen LogP contribution >= 0.6 is 0 Å². The summed E-state index contributed by atoms with van der Waals surface area (Å²) < 4.78 is 5.12. The minimum absolute atomic E-state index is 0.0759. The number of H-pyrrole nitrogens is 1. The average molecular weight is 368 g/mol. The van der Waals surface area contributed by atoms with Crippen molar-refractivity contribution in [3.05, 3.63) is 30.3 Å². The van der Waals surface area contributed by atoms with Gasteiger partial charge in [0.25, 0.3) is 0 Å². The van der Waals surface area contributed by atoms with Crippen molar-refractivity contribution in [3.8, 4) is 28.6 Å². The van der Waals surface area contributed by atoms with E-state index >= 15 is 0 Å². The number of aromatic amines is 1. The summed E-state index contributed by atoms with van der Waals surface area (Å²) >= 11 is 0. The number of nitrogens with one attached hydrogen (secondary N) is 2. The van der Waals surface area contributed by atoms with Crippen LogP contribution in [-0.2, 0) is 0 Å². The highest BCUT2D eigenvalue weighted by Crippen LogP contribution is 2.39. The minimum atomic E-state index is -0.277. The van der Waals surface area contributed by atoms with Crippen LogP contribution in [0.25, 0.3) is 22.4 Å². The minimum Gasteiger partial charge on any atom is -0.504 e. The van der Waals surface area contributed by atoms with Crippen LogP contribution in [0.5, 0.6) is 17.2 Å². The first-order valence-electron chi connectivity index (χ1n) is 8.96. The molecule has 1 saturated heterocycles. The number of methoxy groups -OCH3 is 1. The Morgan fingerprint density at radius 2 is 2.00 bits per heavy atom. The van der Waals surface area contributed by atoms with Crippen LogP contribution in [0.3, 0.4) is 0 Å². The second-order valence-electron chi connectivity index (χ2n) is 7.57. The van der Waals surface area contributed by atoms with Crippen LogP contribution in [-0.4, -0.2) is 52.5 Å². The molecule has 1 fully saturated rings. The number of aromatic nitrogens is 2. The van der Waals surface area contributed by atoms with Gasteiger partial charge in [0.15, 0.2) is 11.5 Å². The van der Waals surface area contributed by atoms with E-state index in [1.54, 1.807) is 6.07 Å². The van der Waals surface area contributed by atoms with Gasteiger partial charge in [-0.3, -0.25) is 0 Å². The van der Waals surface area contributed by atoms with Crippen molar-refractivity contribution >= 4 is 16.7 Å². The van der Waals surface area contributed by atoms with Crippen LogP contribution in [0.4, 0.5) is 5.69 Å². The number of piperazine rings is 1. The van der Waals surface area contributed by atoms with Gasteiger partial charge in [-0.05, 0) is 44.2 Å². The number of anilines is 1. The predicted molar refractivity (Wildman–Crippen MR) is 106 cm³/mol. The van der Waals surface area contributed by atoms with E-state index in [1.807, 2.05) is 6.07 Å². The lowest BCUT2D eigenvalue weighted by molar-refractivity contribution is 0.351. The van der Waals surface area contributed by atoms with Gasteiger partial charge < -0.3 is 30.2 Å². The molecule has 27 heavy (non-hydrogen) atoms. The molecule has 0 atom stereocenters. The highest BCUT2D eigenvalue weighted by Gasteiger charge is 2.26. The molecule has 3 aromatic rings. The Bertz CT molecular complexity index is 996. The van der Waals surface area contributed by atoms with Gasteiger partial charge in [-0.25, -0.2) is 4.98 Å². The number of hydrogen-bond donors (Lipinski definition) is 4. The Labute approximate surface area is 157 Å². The quantitative estimate of drug-likeness (QED) is 0.531. The lowest BCUT2D eigenvalue weighted by atomic mass is 10.0. The van der Waals surface area contributed by atoms with Crippen LogP contribution < -0.4 is 15.0 Å². The summed E-state index contributed by atoms with van der Waals surface area (Å²) in [5.41, 5.74) is 3.63. The molecule has 142 valence electrons. The van der Waals surface area contributed by atoms with Gasteiger partial charge in [0, 0.05) is 36.4 Å². The maximum absolute atomic E-state index is 9.93. The number of imidazole rings is 1. The molecule has 4 rings (SSSR count). The van der Waals surface area contributed by atoms with E-state index in [0.717, 1.165) is 36.4 Å². The Balaban J connectivity index is 1.70. The van der Waals surface area contributed by atoms with Crippen molar-refractivity contribution < 1.29 is 14.9 Å². The SMILES string of the molecule is COc1cc(-c2nc3ccc(N4CCNC(C)(C)C4)cc3[nH]2)cc(O)c1O. The normalized spacial score (nSPS) is 16.6. The number of phenolic OH excluding ortho intramolecular Hbond substituents is 2. The number of hydrogen-bond acceptors (Lipinski definition) is 6. The summed E-state index contributed by atoms with van der Waals surface area (Å²) in [4.78, 5) is 10.3. The molecule has 0 radical (unpaired) electrons. The Kier molecular flexibility index (Phi) is 4.11. The lowest BCUT2D eigenvalue weighted by Crippen LogP contribution is -2.57. The first kappa shape index (κ1) is 17.5. The Morgan fingerprint density at radius 1 is 1.19 bits per heavy atom. The zero-order valence-electron chi connectivity index (χ0n) is 15.7. The molecule has 1 aliphatic heterocycles. The number of phenols is 2. The molecule has 2 aromatic carbocycles. The number of rotatable bonds is 3. The van der Waals surface area contributed by atoms with Crippen LogP contribution in [0.15, 0.2) is 30.3 Å². The van der Waals surface area contributed by atoms with E-state index in [0.29, 0.717) is 11.4 Å². The number of fused-ring (bicyclic) bond motifs is 1.